The maximum Gasteiger partial charge on any atom is 0.243 e. The Kier molecular flexibility index (Phi) is 2.49. The molecule has 4 heteroatoms. The number of rotatable bonds is 1. The second-order valence-electron chi connectivity index (χ2n) is 4.40. The highest BCUT2D eigenvalue weighted by molar-refractivity contribution is 5.78. The van der Waals surface area contributed by atoms with E-state index in [1.54, 1.807) is 4.90 Å². The SMILES string of the molecule is CC(C)[C@H]1CO[C@@H]2O[C@H](C)CC(=O)N21. The van der Waals surface area contributed by atoms with Crippen LogP contribution in [0, 0.1) is 5.92 Å². The zero-order valence-corrected chi connectivity index (χ0v) is 8.90. The van der Waals surface area contributed by atoms with Gasteiger partial charge in [-0.1, -0.05) is 13.8 Å². The van der Waals surface area contributed by atoms with E-state index in [4.69, 9.17) is 9.47 Å². The molecule has 0 aromatic rings. The van der Waals surface area contributed by atoms with Crippen molar-refractivity contribution in [1.29, 1.82) is 0 Å². The normalized spacial score (nSPS) is 37.9. The Hall–Kier alpha value is -0.610. The summed E-state index contributed by atoms with van der Waals surface area (Å²) in [5.74, 6) is 0.575. The number of carbonyl (C=O) groups excluding carboxylic acids is 1. The molecule has 0 spiro atoms. The van der Waals surface area contributed by atoms with Crippen LogP contribution in [0.25, 0.3) is 0 Å². The van der Waals surface area contributed by atoms with Gasteiger partial charge in [-0.3, -0.25) is 9.69 Å². The average molecular weight is 199 g/mol. The molecule has 0 aliphatic carbocycles. The van der Waals surface area contributed by atoms with E-state index in [0.29, 0.717) is 18.9 Å². The molecule has 0 saturated carbocycles. The van der Waals surface area contributed by atoms with E-state index in [-0.39, 0.29) is 18.1 Å². The fourth-order valence-corrected chi connectivity index (χ4v) is 2.02. The van der Waals surface area contributed by atoms with E-state index in [1.165, 1.54) is 0 Å². The van der Waals surface area contributed by atoms with Crippen molar-refractivity contribution in [2.24, 2.45) is 5.92 Å². The van der Waals surface area contributed by atoms with E-state index in [0.717, 1.165) is 0 Å². The fraction of sp³-hybridized carbons (Fsp3) is 0.900. The summed E-state index contributed by atoms with van der Waals surface area (Å²) in [6.07, 6.45) is 0.0246. The van der Waals surface area contributed by atoms with Crippen LogP contribution in [-0.4, -0.2) is 36.0 Å². The Morgan fingerprint density at radius 2 is 2.21 bits per heavy atom. The summed E-state index contributed by atoms with van der Waals surface area (Å²) in [6.45, 7) is 6.70. The highest BCUT2D eigenvalue weighted by Gasteiger charge is 2.44. The van der Waals surface area contributed by atoms with Crippen LogP contribution in [0.3, 0.4) is 0 Å². The molecule has 0 N–H and O–H groups in total. The monoisotopic (exact) mass is 199 g/mol. The van der Waals surface area contributed by atoms with E-state index >= 15 is 0 Å². The summed E-state index contributed by atoms with van der Waals surface area (Å²) in [5, 5.41) is 0. The number of fused-ring (bicyclic) bond motifs is 1. The molecule has 2 fully saturated rings. The minimum Gasteiger partial charge on any atom is -0.333 e. The Labute approximate surface area is 84.2 Å². The first kappa shape index (κ1) is 9.93. The second kappa shape index (κ2) is 3.51. The van der Waals surface area contributed by atoms with Crippen molar-refractivity contribution in [3.63, 3.8) is 0 Å². The molecule has 14 heavy (non-hydrogen) atoms. The van der Waals surface area contributed by atoms with E-state index < -0.39 is 6.41 Å². The maximum atomic E-state index is 11.8. The third-order valence-corrected chi connectivity index (χ3v) is 2.86. The van der Waals surface area contributed by atoms with Crippen LogP contribution < -0.4 is 0 Å². The first-order chi connectivity index (χ1) is 6.59. The number of nitrogens with zero attached hydrogens (tertiary/aromatic N) is 1. The highest BCUT2D eigenvalue weighted by atomic mass is 16.7. The molecular formula is C10H17NO3. The van der Waals surface area contributed by atoms with Gasteiger partial charge in [0.2, 0.25) is 12.3 Å². The minimum atomic E-state index is -0.432. The molecule has 80 valence electrons. The molecule has 3 atom stereocenters. The van der Waals surface area contributed by atoms with Gasteiger partial charge in [-0.2, -0.15) is 0 Å². The van der Waals surface area contributed by atoms with Crippen LogP contribution in [0.5, 0.6) is 0 Å². The molecule has 0 unspecified atom stereocenters. The molecular weight excluding hydrogens is 182 g/mol. The summed E-state index contributed by atoms with van der Waals surface area (Å²) in [7, 11) is 0. The van der Waals surface area contributed by atoms with Gasteiger partial charge in [0.25, 0.3) is 0 Å². The number of ether oxygens (including phenoxy) is 2. The maximum absolute atomic E-state index is 11.8. The van der Waals surface area contributed by atoms with Crippen molar-refractivity contribution >= 4 is 5.91 Å². The zero-order chi connectivity index (χ0) is 10.3. The van der Waals surface area contributed by atoms with Gasteiger partial charge in [-0.25, -0.2) is 0 Å². The van der Waals surface area contributed by atoms with Crippen molar-refractivity contribution in [2.75, 3.05) is 6.61 Å². The lowest BCUT2D eigenvalue weighted by Gasteiger charge is -2.35. The fourth-order valence-electron chi connectivity index (χ4n) is 2.02. The number of carbonyl (C=O) groups is 1. The van der Waals surface area contributed by atoms with E-state index in [1.807, 2.05) is 6.92 Å². The minimum absolute atomic E-state index is 0.0188. The van der Waals surface area contributed by atoms with Crippen LogP contribution in [0.2, 0.25) is 0 Å². The summed E-state index contributed by atoms with van der Waals surface area (Å²) >= 11 is 0. The summed E-state index contributed by atoms with van der Waals surface area (Å²) < 4.78 is 11.0. The van der Waals surface area contributed by atoms with Gasteiger partial charge >= 0.3 is 0 Å². The Bertz CT molecular complexity index is 242. The molecule has 2 aliphatic rings. The molecule has 0 aromatic heterocycles. The van der Waals surface area contributed by atoms with Crippen LogP contribution in [-0.2, 0) is 14.3 Å². The molecule has 0 bridgehead atoms. The largest absolute Gasteiger partial charge is 0.333 e. The molecule has 2 saturated heterocycles. The smallest absolute Gasteiger partial charge is 0.243 e. The molecule has 4 nitrogen and oxygen atoms in total. The first-order valence-electron chi connectivity index (χ1n) is 5.18. The molecule has 2 heterocycles. The van der Waals surface area contributed by atoms with Gasteiger partial charge < -0.3 is 9.47 Å². The van der Waals surface area contributed by atoms with Crippen molar-refractivity contribution in [3.05, 3.63) is 0 Å². The van der Waals surface area contributed by atoms with Crippen molar-refractivity contribution in [2.45, 2.75) is 45.8 Å². The zero-order valence-electron chi connectivity index (χ0n) is 8.90. The lowest BCUT2D eigenvalue weighted by Crippen LogP contribution is -2.50. The Morgan fingerprint density at radius 3 is 2.86 bits per heavy atom. The molecule has 2 rings (SSSR count). The summed E-state index contributed by atoms with van der Waals surface area (Å²) in [4.78, 5) is 13.5. The molecule has 0 aromatic carbocycles. The van der Waals surface area contributed by atoms with Gasteiger partial charge in [0, 0.05) is 0 Å². The van der Waals surface area contributed by atoms with Crippen molar-refractivity contribution in [1.82, 2.24) is 4.90 Å². The highest BCUT2D eigenvalue weighted by Crippen LogP contribution is 2.29. The first-order valence-corrected chi connectivity index (χ1v) is 5.18. The van der Waals surface area contributed by atoms with Gasteiger partial charge in [0.1, 0.15) is 0 Å². The van der Waals surface area contributed by atoms with E-state index in [9.17, 15) is 4.79 Å². The number of amides is 1. The van der Waals surface area contributed by atoms with Crippen LogP contribution in [0.1, 0.15) is 27.2 Å². The lowest BCUT2D eigenvalue weighted by molar-refractivity contribution is -0.224. The standard InChI is InChI=1S/C10H17NO3/c1-6(2)8-5-13-10-11(8)9(12)4-7(3)14-10/h6-8,10H,4-5H2,1-3H3/t7-,8-,10-/m1/s1. The molecule has 1 amide bonds. The molecule has 0 radical (unpaired) electrons. The van der Waals surface area contributed by atoms with Crippen molar-refractivity contribution < 1.29 is 14.3 Å². The van der Waals surface area contributed by atoms with Crippen LogP contribution in [0.4, 0.5) is 0 Å². The predicted octanol–water partition coefficient (Wildman–Crippen LogP) is 0.962. The second-order valence-corrected chi connectivity index (χ2v) is 4.40. The number of hydrogen-bond acceptors (Lipinski definition) is 3. The Balaban J connectivity index is 2.13. The van der Waals surface area contributed by atoms with Crippen molar-refractivity contribution in [3.8, 4) is 0 Å². The van der Waals surface area contributed by atoms with E-state index in [2.05, 4.69) is 13.8 Å². The number of hydrogen-bond donors (Lipinski definition) is 0. The van der Waals surface area contributed by atoms with Crippen LogP contribution >= 0.6 is 0 Å². The summed E-state index contributed by atoms with van der Waals surface area (Å²) in [6, 6.07) is 0.181. The molecule has 2 aliphatic heterocycles. The van der Waals surface area contributed by atoms with Gasteiger partial charge in [0.15, 0.2) is 0 Å². The van der Waals surface area contributed by atoms with Gasteiger partial charge in [0.05, 0.1) is 25.2 Å². The third kappa shape index (κ3) is 1.53. The topological polar surface area (TPSA) is 38.8 Å². The van der Waals surface area contributed by atoms with Crippen LogP contribution in [0.15, 0.2) is 0 Å². The summed E-state index contributed by atoms with van der Waals surface area (Å²) in [5.41, 5.74) is 0. The third-order valence-electron chi connectivity index (χ3n) is 2.86. The quantitative estimate of drug-likeness (QED) is 0.631. The van der Waals surface area contributed by atoms with Gasteiger partial charge in [-0.05, 0) is 12.8 Å². The average Bonchev–Trinajstić information content (AvgIpc) is 2.47. The Morgan fingerprint density at radius 1 is 1.50 bits per heavy atom. The lowest BCUT2D eigenvalue weighted by atomic mass is 10.0. The van der Waals surface area contributed by atoms with Gasteiger partial charge in [-0.15, -0.1) is 0 Å². The predicted molar refractivity (Wildman–Crippen MR) is 50.4 cm³/mol.